The van der Waals surface area contributed by atoms with Crippen LogP contribution in [0.1, 0.15) is 30.7 Å². The summed E-state index contributed by atoms with van der Waals surface area (Å²) in [5.41, 5.74) is 10.6. The van der Waals surface area contributed by atoms with Gasteiger partial charge in [-0.1, -0.05) is 44.7 Å². The minimum Gasteiger partial charge on any atom is -0.398 e. The number of pyridine rings is 1. The van der Waals surface area contributed by atoms with Gasteiger partial charge in [-0.05, 0) is 42.3 Å². The van der Waals surface area contributed by atoms with E-state index < -0.39 is 0 Å². The van der Waals surface area contributed by atoms with Crippen molar-refractivity contribution < 1.29 is 21.1 Å². The van der Waals surface area contributed by atoms with Crippen LogP contribution in [0.4, 0.5) is 5.69 Å². The van der Waals surface area contributed by atoms with Crippen molar-refractivity contribution in [2.24, 2.45) is 0 Å². The van der Waals surface area contributed by atoms with Crippen LogP contribution < -0.4 is 5.73 Å². The summed E-state index contributed by atoms with van der Waals surface area (Å²) < 4.78 is 0. The summed E-state index contributed by atoms with van der Waals surface area (Å²) in [5.74, 6) is 0. The second-order valence-corrected chi connectivity index (χ2v) is 4.20. The van der Waals surface area contributed by atoms with Gasteiger partial charge in [-0.3, -0.25) is 4.98 Å². The molecule has 1 aromatic heterocycles. The van der Waals surface area contributed by atoms with Crippen LogP contribution in [-0.2, 0) is 21.1 Å². The van der Waals surface area contributed by atoms with Crippen LogP contribution in [0.2, 0.25) is 0 Å². The number of aryl methyl sites for hydroxylation is 1. The van der Waals surface area contributed by atoms with Crippen LogP contribution in [0.5, 0.6) is 0 Å². The molecule has 2 N–H and O–H groups in total. The van der Waals surface area contributed by atoms with Crippen molar-refractivity contribution in [3.05, 3.63) is 72.1 Å². The summed E-state index contributed by atoms with van der Waals surface area (Å²) in [6.45, 7) is 10.1. The monoisotopic (exact) mass is 450 g/mol. The number of nitrogen functional groups attached to an aromatic ring is 1. The third-order valence-electron chi connectivity index (χ3n) is 2.70. The van der Waals surface area contributed by atoms with E-state index in [0.29, 0.717) is 0 Å². The fraction of sp³-hybridized carbons (Fsp3) is 0.167. The molecule has 3 heteroatoms. The maximum atomic E-state index is 5.98. The number of allylic oxidation sites excluding steroid dienone is 2. The number of aromatic nitrogens is 1. The maximum Gasteiger partial charge on any atom is 0.0629 e. The predicted octanol–water partition coefficient (Wildman–Crippen LogP) is 4.72. The van der Waals surface area contributed by atoms with Crippen molar-refractivity contribution in [1.29, 1.82) is 0 Å². The summed E-state index contributed by atoms with van der Waals surface area (Å²) in [6.07, 6.45) is 5.63. The molecule has 110 valence electrons. The molecule has 0 amide bonds. The van der Waals surface area contributed by atoms with E-state index in [0.717, 1.165) is 28.1 Å². The Morgan fingerprint density at radius 2 is 1.90 bits per heavy atom. The van der Waals surface area contributed by atoms with Gasteiger partial charge < -0.3 is 5.73 Å². The van der Waals surface area contributed by atoms with Gasteiger partial charge in [-0.15, -0.1) is 0 Å². The zero-order valence-corrected chi connectivity index (χ0v) is 15.8. The van der Waals surface area contributed by atoms with E-state index >= 15 is 0 Å². The van der Waals surface area contributed by atoms with Crippen molar-refractivity contribution in [3.63, 3.8) is 0 Å². The standard InChI is InChI=1S/C16H16N2.C2H6.W/c1-12-6-9-15(16(17)11-12)13(2)7-8-14-5-3-4-10-18-14;1-2;/h3-11H,2,17H2,1H3;1-2H3;/b8-7+;;. The van der Waals surface area contributed by atoms with Crippen LogP contribution in [0, 0.1) is 6.92 Å². The zero-order chi connectivity index (χ0) is 15.0. The normalized spacial score (nSPS) is 9.48. The molecular formula is C18H22N2W. The van der Waals surface area contributed by atoms with Gasteiger partial charge in [-0.2, -0.15) is 0 Å². The Morgan fingerprint density at radius 1 is 1.19 bits per heavy atom. The first-order valence-corrected chi connectivity index (χ1v) is 6.81. The van der Waals surface area contributed by atoms with E-state index in [4.69, 9.17) is 5.73 Å². The third kappa shape index (κ3) is 6.10. The molecular weight excluding hydrogens is 428 g/mol. The molecule has 1 heterocycles. The van der Waals surface area contributed by atoms with Crippen molar-refractivity contribution in [3.8, 4) is 0 Å². The molecule has 0 aliphatic carbocycles. The second-order valence-electron chi connectivity index (χ2n) is 4.20. The van der Waals surface area contributed by atoms with E-state index in [1.54, 1.807) is 6.20 Å². The van der Waals surface area contributed by atoms with Gasteiger partial charge in [0.1, 0.15) is 0 Å². The van der Waals surface area contributed by atoms with E-state index in [1.807, 2.05) is 69.3 Å². The van der Waals surface area contributed by atoms with Gasteiger partial charge >= 0.3 is 0 Å². The number of benzene rings is 1. The van der Waals surface area contributed by atoms with Gasteiger partial charge in [0.2, 0.25) is 0 Å². The largest absolute Gasteiger partial charge is 0.398 e. The summed E-state index contributed by atoms with van der Waals surface area (Å²) in [7, 11) is 0. The Labute approximate surface area is 142 Å². The number of anilines is 1. The van der Waals surface area contributed by atoms with Crippen LogP contribution in [0.3, 0.4) is 0 Å². The van der Waals surface area contributed by atoms with E-state index in [2.05, 4.69) is 11.6 Å². The van der Waals surface area contributed by atoms with Gasteiger partial charge in [0.25, 0.3) is 0 Å². The van der Waals surface area contributed by atoms with Crippen molar-refractivity contribution in [1.82, 2.24) is 4.98 Å². The molecule has 1 aromatic carbocycles. The smallest absolute Gasteiger partial charge is 0.0629 e. The first-order chi connectivity index (χ1) is 9.66. The number of rotatable bonds is 3. The number of nitrogens with two attached hydrogens (primary N) is 1. The van der Waals surface area contributed by atoms with Crippen LogP contribution in [0.15, 0.2) is 55.3 Å². The van der Waals surface area contributed by atoms with Crippen molar-refractivity contribution in [2.45, 2.75) is 20.8 Å². The Bertz CT molecular complexity index is 589. The zero-order valence-electron chi connectivity index (χ0n) is 12.8. The fourth-order valence-corrected chi connectivity index (χ4v) is 1.72. The molecule has 21 heavy (non-hydrogen) atoms. The van der Waals surface area contributed by atoms with Crippen LogP contribution in [0.25, 0.3) is 11.6 Å². The molecule has 0 saturated carbocycles. The van der Waals surface area contributed by atoms with E-state index in [-0.39, 0.29) is 21.1 Å². The van der Waals surface area contributed by atoms with E-state index in [9.17, 15) is 0 Å². The number of hydrogen-bond donors (Lipinski definition) is 1. The molecule has 2 nitrogen and oxygen atoms in total. The SMILES string of the molecule is C=C(/C=C/c1ccccn1)c1ccc(C)cc1N.CC.[W]. The van der Waals surface area contributed by atoms with Gasteiger partial charge in [0.05, 0.1) is 5.69 Å². The fourth-order valence-electron chi connectivity index (χ4n) is 1.72. The maximum absolute atomic E-state index is 5.98. The molecule has 0 saturated heterocycles. The molecule has 2 rings (SSSR count). The molecule has 0 radical (unpaired) electrons. The molecule has 0 fully saturated rings. The van der Waals surface area contributed by atoms with Gasteiger partial charge in [0.15, 0.2) is 0 Å². The molecule has 2 aromatic rings. The topological polar surface area (TPSA) is 38.9 Å². The molecule has 0 spiro atoms. The summed E-state index contributed by atoms with van der Waals surface area (Å²) in [4.78, 5) is 4.22. The minimum absolute atomic E-state index is 0. The minimum atomic E-state index is 0. The predicted molar refractivity (Wildman–Crippen MR) is 89.2 cm³/mol. The van der Waals surface area contributed by atoms with Crippen LogP contribution >= 0.6 is 0 Å². The van der Waals surface area contributed by atoms with Crippen molar-refractivity contribution in [2.75, 3.05) is 5.73 Å². The van der Waals surface area contributed by atoms with Gasteiger partial charge in [0, 0.05) is 38.5 Å². The first-order valence-electron chi connectivity index (χ1n) is 6.81. The number of hydrogen-bond acceptors (Lipinski definition) is 2. The molecule has 0 bridgehead atoms. The van der Waals surface area contributed by atoms with E-state index in [1.165, 1.54) is 0 Å². The summed E-state index contributed by atoms with van der Waals surface area (Å²) in [5, 5.41) is 0. The average molecular weight is 450 g/mol. The Balaban J connectivity index is 0.00000128. The third-order valence-corrected chi connectivity index (χ3v) is 2.70. The molecule has 0 unspecified atom stereocenters. The van der Waals surface area contributed by atoms with Crippen LogP contribution in [-0.4, -0.2) is 4.98 Å². The second kappa shape index (κ2) is 10.1. The van der Waals surface area contributed by atoms with Gasteiger partial charge in [-0.25, -0.2) is 0 Å². The average Bonchev–Trinajstić information content (AvgIpc) is 2.48. The number of nitrogens with zero attached hydrogens (tertiary/aromatic N) is 1. The Hall–Kier alpha value is -1.66. The summed E-state index contributed by atoms with van der Waals surface area (Å²) in [6, 6.07) is 11.8. The Morgan fingerprint density at radius 3 is 2.48 bits per heavy atom. The van der Waals surface area contributed by atoms with Crippen molar-refractivity contribution >= 4 is 17.3 Å². The first kappa shape index (κ1) is 19.3. The quantitative estimate of drug-likeness (QED) is 0.543. The summed E-state index contributed by atoms with van der Waals surface area (Å²) >= 11 is 0. The molecule has 0 atom stereocenters. The molecule has 0 aliphatic heterocycles. The molecule has 0 aliphatic rings. The Kier molecular flexibility index (Phi) is 9.32.